The molecule has 0 atom stereocenters. The van der Waals surface area contributed by atoms with Gasteiger partial charge in [-0.3, -0.25) is 19.7 Å². The van der Waals surface area contributed by atoms with E-state index in [1.807, 2.05) is 32.0 Å². The fraction of sp³-hybridized carbons (Fsp3) is 0.263. The first kappa shape index (κ1) is 17.6. The number of carbonyl (C=O) groups excluding carboxylic acids is 2. The molecule has 1 aliphatic heterocycles. The number of nitro groups is 1. The molecular weight excluding hydrogens is 334 g/mol. The van der Waals surface area contributed by atoms with Crippen molar-refractivity contribution >= 4 is 28.9 Å². The largest absolute Gasteiger partial charge is 0.325 e. The van der Waals surface area contributed by atoms with Gasteiger partial charge in [0, 0.05) is 29.9 Å². The third-order valence-electron chi connectivity index (χ3n) is 4.28. The van der Waals surface area contributed by atoms with E-state index in [0.29, 0.717) is 23.4 Å². The van der Waals surface area contributed by atoms with Crippen LogP contribution in [0.25, 0.3) is 0 Å². The van der Waals surface area contributed by atoms with Crippen molar-refractivity contribution in [2.45, 2.75) is 26.7 Å². The normalized spacial score (nSPS) is 13.3. The lowest BCUT2D eigenvalue weighted by Crippen LogP contribution is -2.40. The molecular formula is C19H19N3O4. The third kappa shape index (κ3) is 3.72. The molecule has 0 bridgehead atoms. The third-order valence-corrected chi connectivity index (χ3v) is 4.28. The van der Waals surface area contributed by atoms with Gasteiger partial charge in [0.2, 0.25) is 11.8 Å². The van der Waals surface area contributed by atoms with Crippen LogP contribution in [0.4, 0.5) is 17.1 Å². The quantitative estimate of drug-likeness (QED) is 0.675. The first-order valence-electron chi connectivity index (χ1n) is 8.29. The number of hydrogen-bond acceptors (Lipinski definition) is 4. The summed E-state index contributed by atoms with van der Waals surface area (Å²) in [6.45, 7) is 3.76. The molecule has 0 radical (unpaired) electrons. The monoisotopic (exact) mass is 353 g/mol. The van der Waals surface area contributed by atoms with Crippen LogP contribution in [0.1, 0.15) is 23.1 Å². The van der Waals surface area contributed by atoms with E-state index in [0.717, 1.165) is 11.1 Å². The Labute approximate surface area is 150 Å². The zero-order chi connectivity index (χ0) is 18.8. The zero-order valence-electron chi connectivity index (χ0n) is 14.6. The van der Waals surface area contributed by atoms with Gasteiger partial charge < -0.3 is 10.2 Å². The van der Waals surface area contributed by atoms with Gasteiger partial charge in [-0.1, -0.05) is 6.07 Å². The molecule has 3 rings (SSSR count). The molecule has 1 heterocycles. The number of hydrogen-bond donors (Lipinski definition) is 1. The van der Waals surface area contributed by atoms with Crippen LogP contribution in [0.15, 0.2) is 36.4 Å². The Hall–Kier alpha value is -3.22. The maximum atomic E-state index is 12.4. The number of non-ortho nitro benzene ring substituents is 1. The summed E-state index contributed by atoms with van der Waals surface area (Å²) in [7, 11) is 0. The number of aryl methyl sites for hydroxylation is 3. The standard InChI is InChI=1S/C19H19N3O4/c1-12-7-13(2)9-15(8-12)20-18(23)11-21-17-5-4-16(22(25)26)10-14(17)3-6-19(21)24/h4-5,7-10H,3,6,11H2,1-2H3,(H,20,23). The number of nitrogens with one attached hydrogen (secondary N) is 1. The van der Waals surface area contributed by atoms with Gasteiger partial charge in [-0.2, -0.15) is 0 Å². The van der Waals surface area contributed by atoms with Crippen LogP contribution in [0, 0.1) is 24.0 Å². The number of nitrogens with zero attached hydrogens (tertiary/aromatic N) is 2. The number of carbonyl (C=O) groups is 2. The second kappa shape index (κ2) is 6.95. The Morgan fingerprint density at radius 3 is 2.50 bits per heavy atom. The summed E-state index contributed by atoms with van der Waals surface area (Å²) in [5, 5.41) is 13.7. The van der Waals surface area contributed by atoms with E-state index >= 15 is 0 Å². The van der Waals surface area contributed by atoms with Gasteiger partial charge in [0.05, 0.1) is 4.92 Å². The highest BCUT2D eigenvalue weighted by atomic mass is 16.6. The van der Waals surface area contributed by atoms with Gasteiger partial charge >= 0.3 is 0 Å². The maximum absolute atomic E-state index is 12.4. The zero-order valence-corrected chi connectivity index (χ0v) is 14.6. The van der Waals surface area contributed by atoms with Crippen LogP contribution >= 0.6 is 0 Å². The first-order valence-corrected chi connectivity index (χ1v) is 8.29. The Bertz CT molecular complexity index is 887. The Kier molecular flexibility index (Phi) is 4.71. The minimum atomic E-state index is -0.464. The average Bonchev–Trinajstić information content (AvgIpc) is 2.56. The van der Waals surface area contributed by atoms with Gasteiger partial charge in [0.15, 0.2) is 0 Å². The minimum absolute atomic E-state index is 0.0160. The molecule has 0 saturated heterocycles. The van der Waals surface area contributed by atoms with Gasteiger partial charge in [-0.15, -0.1) is 0 Å². The van der Waals surface area contributed by atoms with Crippen molar-refractivity contribution in [2.75, 3.05) is 16.8 Å². The van der Waals surface area contributed by atoms with E-state index in [9.17, 15) is 19.7 Å². The van der Waals surface area contributed by atoms with Crippen molar-refractivity contribution in [1.82, 2.24) is 0 Å². The summed E-state index contributed by atoms with van der Waals surface area (Å²) in [6, 6.07) is 10.1. The fourth-order valence-corrected chi connectivity index (χ4v) is 3.22. The molecule has 0 aromatic heterocycles. The summed E-state index contributed by atoms with van der Waals surface area (Å²) in [6.07, 6.45) is 0.663. The van der Waals surface area contributed by atoms with Gasteiger partial charge in [-0.05, 0) is 55.2 Å². The summed E-state index contributed by atoms with van der Waals surface area (Å²) in [5.41, 5.74) is 4.00. The van der Waals surface area contributed by atoms with E-state index in [1.54, 1.807) is 0 Å². The molecule has 1 N–H and O–H groups in total. The van der Waals surface area contributed by atoms with Crippen molar-refractivity contribution in [3.63, 3.8) is 0 Å². The second-order valence-corrected chi connectivity index (χ2v) is 6.47. The lowest BCUT2D eigenvalue weighted by Gasteiger charge is -2.28. The predicted molar refractivity (Wildman–Crippen MR) is 98.3 cm³/mol. The van der Waals surface area contributed by atoms with Crippen LogP contribution in [0.2, 0.25) is 0 Å². The van der Waals surface area contributed by atoms with E-state index < -0.39 is 4.92 Å². The number of amides is 2. The SMILES string of the molecule is Cc1cc(C)cc(NC(=O)CN2C(=O)CCc3cc([N+](=O)[O-])ccc32)c1. The average molecular weight is 353 g/mol. The number of fused-ring (bicyclic) bond motifs is 1. The summed E-state index contributed by atoms with van der Waals surface area (Å²) in [5.74, 6) is -0.475. The first-order chi connectivity index (χ1) is 12.3. The molecule has 2 aromatic rings. The van der Waals surface area contributed by atoms with Gasteiger partial charge in [0.1, 0.15) is 6.54 Å². The molecule has 2 amide bonds. The predicted octanol–water partition coefficient (Wildman–Crippen LogP) is 3.13. The lowest BCUT2D eigenvalue weighted by molar-refractivity contribution is -0.384. The number of rotatable bonds is 4. The topological polar surface area (TPSA) is 92.6 Å². The van der Waals surface area contributed by atoms with Crippen LogP contribution in [-0.4, -0.2) is 23.3 Å². The van der Waals surface area contributed by atoms with Crippen molar-refractivity contribution < 1.29 is 14.5 Å². The number of anilines is 2. The summed E-state index contributed by atoms with van der Waals surface area (Å²) in [4.78, 5) is 36.6. The van der Waals surface area contributed by atoms with E-state index in [1.165, 1.54) is 23.1 Å². The van der Waals surface area contributed by atoms with Crippen molar-refractivity contribution in [1.29, 1.82) is 0 Å². The highest BCUT2D eigenvalue weighted by molar-refractivity contribution is 6.04. The van der Waals surface area contributed by atoms with E-state index in [2.05, 4.69) is 5.32 Å². The summed E-state index contributed by atoms with van der Waals surface area (Å²) < 4.78 is 0. The summed E-state index contributed by atoms with van der Waals surface area (Å²) >= 11 is 0. The smallest absolute Gasteiger partial charge is 0.269 e. The second-order valence-electron chi connectivity index (χ2n) is 6.47. The highest BCUT2D eigenvalue weighted by Gasteiger charge is 2.27. The van der Waals surface area contributed by atoms with Gasteiger partial charge in [0.25, 0.3) is 5.69 Å². The van der Waals surface area contributed by atoms with Crippen LogP contribution in [-0.2, 0) is 16.0 Å². The molecule has 1 aliphatic rings. The molecule has 0 spiro atoms. The number of benzene rings is 2. The van der Waals surface area contributed by atoms with Gasteiger partial charge in [-0.25, -0.2) is 0 Å². The molecule has 26 heavy (non-hydrogen) atoms. The molecule has 0 aliphatic carbocycles. The van der Waals surface area contributed by atoms with Crippen molar-refractivity contribution in [2.24, 2.45) is 0 Å². The maximum Gasteiger partial charge on any atom is 0.269 e. The molecule has 2 aromatic carbocycles. The van der Waals surface area contributed by atoms with Crippen LogP contribution in [0.3, 0.4) is 0 Å². The Morgan fingerprint density at radius 2 is 1.85 bits per heavy atom. The lowest BCUT2D eigenvalue weighted by atomic mass is 10.0. The van der Waals surface area contributed by atoms with Crippen molar-refractivity contribution in [3.8, 4) is 0 Å². The molecule has 0 fully saturated rings. The highest BCUT2D eigenvalue weighted by Crippen LogP contribution is 2.31. The van der Waals surface area contributed by atoms with E-state index in [4.69, 9.17) is 0 Å². The Morgan fingerprint density at radius 1 is 1.15 bits per heavy atom. The van der Waals surface area contributed by atoms with E-state index in [-0.39, 0.29) is 30.5 Å². The molecule has 7 nitrogen and oxygen atoms in total. The molecule has 7 heteroatoms. The van der Waals surface area contributed by atoms with Crippen LogP contribution < -0.4 is 10.2 Å². The molecule has 134 valence electrons. The van der Waals surface area contributed by atoms with Crippen molar-refractivity contribution in [3.05, 3.63) is 63.2 Å². The Balaban J connectivity index is 1.80. The minimum Gasteiger partial charge on any atom is -0.325 e. The van der Waals surface area contributed by atoms with Crippen LogP contribution in [0.5, 0.6) is 0 Å². The number of nitro benzene ring substituents is 1. The molecule has 0 unspecified atom stereocenters. The molecule has 0 saturated carbocycles. The fourth-order valence-electron chi connectivity index (χ4n) is 3.22.